The Bertz CT molecular complexity index is 575. The Labute approximate surface area is 117 Å². The fraction of sp³-hybridized carbons (Fsp3) is 0.200. The Balaban J connectivity index is 1.98. The van der Waals surface area contributed by atoms with Crippen LogP contribution in [-0.2, 0) is 5.75 Å². The van der Waals surface area contributed by atoms with Crippen molar-refractivity contribution in [3.05, 3.63) is 54.0 Å². The maximum Gasteiger partial charge on any atom is 0.115 e. The van der Waals surface area contributed by atoms with Crippen molar-refractivity contribution in [2.24, 2.45) is 0 Å². The molecule has 3 nitrogen and oxygen atoms in total. The molecule has 0 aliphatic carbocycles. The molecule has 0 bridgehead atoms. The Morgan fingerprint density at radius 2 is 2.21 bits per heavy atom. The minimum Gasteiger partial charge on any atom is -0.395 e. The molecule has 0 radical (unpaired) electrons. The van der Waals surface area contributed by atoms with E-state index >= 15 is 0 Å². The largest absolute Gasteiger partial charge is 0.395 e. The normalized spacial score (nSPS) is 9.74. The zero-order valence-corrected chi connectivity index (χ0v) is 11.2. The standard InChI is InChI=1S/C15H14N2OS/c18-9-2-1-4-13-5-3-6-14(10-13)12-19-15-11-16-7-8-17-15/h3,5-8,10-11,18H,2,9,12H2. The highest BCUT2D eigenvalue weighted by Crippen LogP contribution is 2.19. The molecule has 19 heavy (non-hydrogen) atoms. The molecule has 1 N–H and O–H groups in total. The highest BCUT2D eigenvalue weighted by Gasteiger charge is 1.98. The number of rotatable bonds is 4. The molecule has 0 atom stereocenters. The molecule has 1 aromatic heterocycles. The van der Waals surface area contributed by atoms with Gasteiger partial charge in [0.05, 0.1) is 12.8 Å². The van der Waals surface area contributed by atoms with Crippen molar-refractivity contribution in [2.45, 2.75) is 17.2 Å². The first-order chi connectivity index (χ1) is 9.38. The zero-order valence-electron chi connectivity index (χ0n) is 10.4. The summed E-state index contributed by atoms with van der Waals surface area (Å²) >= 11 is 1.65. The lowest BCUT2D eigenvalue weighted by atomic mass is 10.1. The first kappa shape index (κ1) is 13.6. The summed E-state index contributed by atoms with van der Waals surface area (Å²) in [6, 6.07) is 8.10. The van der Waals surface area contributed by atoms with Gasteiger partial charge in [0.2, 0.25) is 0 Å². The molecule has 0 aliphatic rings. The van der Waals surface area contributed by atoms with Crippen LogP contribution in [0.25, 0.3) is 0 Å². The molecule has 1 aromatic carbocycles. The van der Waals surface area contributed by atoms with Crippen molar-refractivity contribution in [1.82, 2.24) is 9.97 Å². The lowest BCUT2D eigenvalue weighted by molar-refractivity contribution is 0.305. The minimum absolute atomic E-state index is 0.106. The van der Waals surface area contributed by atoms with E-state index in [1.165, 1.54) is 5.56 Å². The van der Waals surface area contributed by atoms with Crippen LogP contribution in [0.3, 0.4) is 0 Å². The molecule has 0 spiro atoms. The van der Waals surface area contributed by atoms with Gasteiger partial charge in [0.1, 0.15) is 5.03 Å². The molecule has 0 amide bonds. The lowest BCUT2D eigenvalue weighted by Crippen LogP contribution is -1.85. The Morgan fingerprint density at radius 3 is 3.00 bits per heavy atom. The molecular formula is C15H14N2OS. The van der Waals surface area contributed by atoms with Crippen LogP contribution in [0.1, 0.15) is 17.5 Å². The Kier molecular flexibility index (Phi) is 5.42. The number of aliphatic hydroxyl groups is 1. The highest BCUT2D eigenvalue weighted by atomic mass is 32.2. The van der Waals surface area contributed by atoms with Crippen molar-refractivity contribution in [1.29, 1.82) is 0 Å². The number of benzene rings is 1. The quantitative estimate of drug-likeness (QED) is 0.685. The maximum atomic E-state index is 8.69. The molecule has 0 saturated carbocycles. The zero-order chi connectivity index (χ0) is 13.3. The number of aliphatic hydroxyl groups excluding tert-OH is 1. The number of nitrogens with zero attached hydrogens (tertiary/aromatic N) is 2. The van der Waals surface area contributed by atoms with Gasteiger partial charge in [-0.15, -0.1) is 11.8 Å². The number of hydrogen-bond donors (Lipinski definition) is 1. The fourth-order valence-corrected chi connectivity index (χ4v) is 2.24. The average molecular weight is 270 g/mol. The van der Waals surface area contributed by atoms with Gasteiger partial charge in [-0.05, 0) is 17.7 Å². The SMILES string of the molecule is OCCC#Cc1cccc(CSc2cnccn2)c1. The lowest BCUT2D eigenvalue weighted by Gasteiger charge is -2.01. The molecule has 2 aromatic rings. The van der Waals surface area contributed by atoms with Crippen molar-refractivity contribution in [3.63, 3.8) is 0 Å². The van der Waals surface area contributed by atoms with Gasteiger partial charge < -0.3 is 5.11 Å². The first-order valence-corrected chi connectivity index (χ1v) is 6.94. The predicted molar refractivity (Wildman–Crippen MR) is 76.6 cm³/mol. The van der Waals surface area contributed by atoms with Crippen LogP contribution in [-0.4, -0.2) is 21.7 Å². The first-order valence-electron chi connectivity index (χ1n) is 5.96. The van der Waals surface area contributed by atoms with Crippen LogP contribution in [0.2, 0.25) is 0 Å². The monoisotopic (exact) mass is 270 g/mol. The van der Waals surface area contributed by atoms with E-state index in [1.54, 1.807) is 30.4 Å². The van der Waals surface area contributed by atoms with E-state index in [-0.39, 0.29) is 6.61 Å². The summed E-state index contributed by atoms with van der Waals surface area (Å²) in [5.74, 6) is 6.80. The molecule has 1 heterocycles. The predicted octanol–water partition coefficient (Wildman–Crippen LogP) is 2.50. The number of aromatic nitrogens is 2. The van der Waals surface area contributed by atoms with Crippen molar-refractivity contribution in [3.8, 4) is 11.8 Å². The van der Waals surface area contributed by atoms with E-state index in [1.807, 2.05) is 12.1 Å². The summed E-state index contributed by atoms with van der Waals surface area (Å²) in [6.45, 7) is 0.106. The average Bonchev–Trinajstić information content (AvgIpc) is 2.47. The minimum atomic E-state index is 0.106. The molecule has 0 unspecified atom stereocenters. The molecule has 96 valence electrons. The van der Waals surface area contributed by atoms with Crippen molar-refractivity contribution < 1.29 is 5.11 Å². The van der Waals surface area contributed by atoms with Gasteiger partial charge in [-0.1, -0.05) is 24.0 Å². The fourth-order valence-electron chi connectivity index (χ4n) is 1.48. The summed E-state index contributed by atoms with van der Waals surface area (Å²) < 4.78 is 0. The molecule has 2 rings (SSSR count). The smallest absolute Gasteiger partial charge is 0.115 e. The van der Waals surface area contributed by atoms with Crippen LogP contribution in [0, 0.1) is 11.8 Å². The number of hydrogen-bond acceptors (Lipinski definition) is 4. The second-order valence-corrected chi connectivity index (χ2v) is 4.80. The maximum absolute atomic E-state index is 8.69. The van der Waals surface area contributed by atoms with E-state index in [4.69, 9.17) is 5.11 Å². The van der Waals surface area contributed by atoms with Gasteiger partial charge in [0.15, 0.2) is 0 Å². The third-order valence-corrected chi connectivity index (χ3v) is 3.31. The van der Waals surface area contributed by atoms with E-state index in [0.29, 0.717) is 6.42 Å². The van der Waals surface area contributed by atoms with Gasteiger partial charge in [0.25, 0.3) is 0 Å². The Morgan fingerprint density at radius 1 is 1.26 bits per heavy atom. The van der Waals surface area contributed by atoms with Crippen LogP contribution in [0.5, 0.6) is 0 Å². The third kappa shape index (κ3) is 4.74. The van der Waals surface area contributed by atoms with Gasteiger partial charge in [-0.3, -0.25) is 4.98 Å². The summed E-state index contributed by atoms with van der Waals surface area (Å²) in [4.78, 5) is 8.26. The second kappa shape index (κ2) is 7.57. The summed E-state index contributed by atoms with van der Waals surface area (Å²) in [5.41, 5.74) is 2.18. The van der Waals surface area contributed by atoms with Crippen LogP contribution < -0.4 is 0 Å². The van der Waals surface area contributed by atoms with Gasteiger partial charge in [0, 0.05) is 30.1 Å². The van der Waals surface area contributed by atoms with Gasteiger partial charge in [-0.25, -0.2) is 4.98 Å². The van der Waals surface area contributed by atoms with E-state index in [9.17, 15) is 0 Å². The molecule has 4 heteroatoms. The molecule has 0 fully saturated rings. The molecular weight excluding hydrogens is 256 g/mol. The van der Waals surface area contributed by atoms with E-state index in [0.717, 1.165) is 16.3 Å². The van der Waals surface area contributed by atoms with E-state index in [2.05, 4.69) is 33.9 Å². The topological polar surface area (TPSA) is 46.0 Å². The van der Waals surface area contributed by atoms with Crippen molar-refractivity contribution in [2.75, 3.05) is 6.61 Å². The van der Waals surface area contributed by atoms with Crippen LogP contribution >= 0.6 is 11.8 Å². The van der Waals surface area contributed by atoms with E-state index < -0.39 is 0 Å². The van der Waals surface area contributed by atoms with Crippen LogP contribution in [0.15, 0.2) is 47.9 Å². The summed E-state index contributed by atoms with van der Waals surface area (Å²) in [5, 5.41) is 9.61. The second-order valence-electron chi connectivity index (χ2n) is 3.81. The highest BCUT2D eigenvalue weighted by molar-refractivity contribution is 7.98. The van der Waals surface area contributed by atoms with Crippen LogP contribution in [0.4, 0.5) is 0 Å². The Hall–Kier alpha value is -1.83. The summed E-state index contributed by atoms with van der Waals surface area (Å²) in [6.07, 6.45) is 5.63. The number of thioether (sulfide) groups is 1. The third-order valence-electron chi connectivity index (χ3n) is 2.32. The van der Waals surface area contributed by atoms with Gasteiger partial charge in [-0.2, -0.15) is 0 Å². The molecule has 0 saturated heterocycles. The summed E-state index contributed by atoms with van der Waals surface area (Å²) in [7, 11) is 0. The van der Waals surface area contributed by atoms with Crippen molar-refractivity contribution >= 4 is 11.8 Å². The molecule has 0 aliphatic heterocycles. The van der Waals surface area contributed by atoms with Gasteiger partial charge >= 0.3 is 0 Å².